The molecule has 0 bridgehead atoms. The summed E-state index contributed by atoms with van der Waals surface area (Å²) >= 11 is 0. The molecule has 0 atom stereocenters. The average molecular weight is 624 g/mol. The molecule has 1 amide bonds. The summed E-state index contributed by atoms with van der Waals surface area (Å²) in [5, 5.41) is 2.64. The first kappa shape index (κ1) is 36.2. The van der Waals surface area contributed by atoms with Gasteiger partial charge in [0.25, 0.3) is 0 Å². The van der Waals surface area contributed by atoms with Crippen molar-refractivity contribution in [2.24, 2.45) is 0 Å². The minimum Gasteiger partial charge on any atom is -0.444 e. The Balaban J connectivity index is 1.22. The molecule has 0 heterocycles. The van der Waals surface area contributed by atoms with E-state index in [4.69, 9.17) is 33.2 Å². The molecule has 0 radical (unpaired) electrons. The highest BCUT2D eigenvalue weighted by molar-refractivity contribution is 5.67. The maximum atomic E-state index is 11.5. The zero-order valence-corrected chi connectivity index (χ0v) is 26.9. The molecule has 9 heteroatoms. The lowest BCUT2D eigenvalue weighted by atomic mass is 9.80. The van der Waals surface area contributed by atoms with Crippen LogP contribution in [-0.2, 0) is 38.8 Å². The third kappa shape index (κ3) is 13.7. The zero-order valence-electron chi connectivity index (χ0n) is 26.9. The number of benzene rings is 3. The summed E-state index contributed by atoms with van der Waals surface area (Å²) in [5.41, 5.74) is 1.93. The maximum Gasteiger partial charge on any atom is 0.407 e. The number of alkyl carbamates (subject to hydrolysis) is 1. The lowest BCUT2D eigenvalue weighted by Gasteiger charge is -2.36. The number of amides is 1. The quantitative estimate of drug-likeness (QED) is 0.114. The third-order valence-electron chi connectivity index (χ3n) is 6.49. The van der Waals surface area contributed by atoms with E-state index >= 15 is 0 Å². The van der Waals surface area contributed by atoms with E-state index in [0.29, 0.717) is 79.2 Å². The van der Waals surface area contributed by atoms with Crippen LogP contribution in [0.5, 0.6) is 0 Å². The molecule has 0 spiro atoms. The summed E-state index contributed by atoms with van der Waals surface area (Å²) in [6, 6.07) is 30.9. The van der Waals surface area contributed by atoms with Gasteiger partial charge in [-0.15, -0.1) is 0 Å². The molecule has 3 aromatic rings. The first-order valence-electron chi connectivity index (χ1n) is 15.6. The van der Waals surface area contributed by atoms with Gasteiger partial charge in [0.15, 0.2) is 0 Å². The van der Waals surface area contributed by atoms with E-state index in [-0.39, 0.29) is 0 Å². The third-order valence-corrected chi connectivity index (χ3v) is 6.49. The van der Waals surface area contributed by atoms with Crippen molar-refractivity contribution in [2.45, 2.75) is 32.0 Å². The fourth-order valence-electron chi connectivity index (χ4n) is 4.54. The minimum absolute atomic E-state index is 0.383. The van der Waals surface area contributed by atoms with Crippen LogP contribution in [0.2, 0.25) is 0 Å². The van der Waals surface area contributed by atoms with Crippen molar-refractivity contribution in [3.8, 4) is 0 Å². The van der Waals surface area contributed by atoms with Crippen LogP contribution in [0.15, 0.2) is 91.0 Å². The SMILES string of the molecule is CC(C)(C)OC(=O)NCCOCCOCCOCCOCCOCCOC(c1ccccc1)(c1ccccc1)c1ccccc1. The molecular formula is C36H49NO8. The summed E-state index contributed by atoms with van der Waals surface area (Å²) in [6.07, 6.45) is -0.450. The molecule has 3 rings (SSSR count). The number of hydrogen-bond acceptors (Lipinski definition) is 8. The van der Waals surface area contributed by atoms with Crippen molar-refractivity contribution in [1.82, 2.24) is 5.32 Å². The smallest absolute Gasteiger partial charge is 0.407 e. The van der Waals surface area contributed by atoms with Crippen LogP contribution >= 0.6 is 0 Å². The predicted octanol–water partition coefficient (Wildman–Crippen LogP) is 5.60. The zero-order chi connectivity index (χ0) is 32.1. The van der Waals surface area contributed by atoms with Crippen LogP contribution < -0.4 is 5.32 Å². The van der Waals surface area contributed by atoms with Gasteiger partial charge in [0.2, 0.25) is 0 Å². The molecule has 0 aliphatic heterocycles. The van der Waals surface area contributed by atoms with Crippen molar-refractivity contribution in [3.05, 3.63) is 108 Å². The summed E-state index contributed by atoms with van der Waals surface area (Å²) in [5.74, 6) is 0. The maximum absolute atomic E-state index is 11.5. The van der Waals surface area contributed by atoms with Crippen LogP contribution in [-0.4, -0.2) is 90.9 Å². The van der Waals surface area contributed by atoms with Gasteiger partial charge in [-0.2, -0.15) is 0 Å². The predicted molar refractivity (Wildman–Crippen MR) is 173 cm³/mol. The topological polar surface area (TPSA) is 93.7 Å². The van der Waals surface area contributed by atoms with Gasteiger partial charge in [-0.05, 0) is 37.5 Å². The minimum atomic E-state index is -0.752. The largest absolute Gasteiger partial charge is 0.444 e. The number of rotatable bonds is 22. The van der Waals surface area contributed by atoms with Gasteiger partial charge in [-0.1, -0.05) is 91.0 Å². The Morgan fingerprint density at radius 2 is 0.844 bits per heavy atom. The molecule has 0 aromatic heterocycles. The molecule has 3 aromatic carbocycles. The molecule has 9 nitrogen and oxygen atoms in total. The van der Waals surface area contributed by atoms with Gasteiger partial charge in [0.05, 0.1) is 72.7 Å². The van der Waals surface area contributed by atoms with E-state index in [9.17, 15) is 4.79 Å². The van der Waals surface area contributed by atoms with E-state index in [1.807, 2.05) is 75.4 Å². The average Bonchev–Trinajstić information content (AvgIpc) is 3.04. The molecule has 246 valence electrons. The molecule has 0 saturated carbocycles. The second-order valence-electron chi connectivity index (χ2n) is 11.1. The van der Waals surface area contributed by atoms with Crippen LogP contribution in [0.25, 0.3) is 0 Å². The Hall–Kier alpha value is -3.31. The van der Waals surface area contributed by atoms with Crippen molar-refractivity contribution in [1.29, 1.82) is 0 Å². The van der Waals surface area contributed by atoms with Crippen molar-refractivity contribution >= 4 is 6.09 Å². The van der Waals surface area contributed by atoms with E-state index in [1.54, 1.807) is 0 Å². The number of carbonyl (C=O) groups is 1. The van der Waals surface area contributed by atoms with Gasteiger partial charge < -0.3 is 38.5 Å². The molecule has 0 aliphatic rings. The highest BCUT2D eigenvalue weighted by atomic mass is 16.6. The van der Waals surface area contributed by atoms with Crippen molar-refractivity contribution in [3.63, 3.8) is 0 Å². The van der Waals surface area contributed by atoms with Gasteiger partial charge >= 0.3 is 6.09 Å². The normalized spacial score (nSPS) is 11.8. The second kappa shape index (κ2) is 20.7. The van der Waals surface area contributed by atoms with E-state index in [2.05, 4.69) is 41.7 Å². The van der Waals surface area contributed by atoms with Gasteiger partial charge in [0.1, 0.15) is 11.2 Å². The monoisotopic (exact) mass is 623 g/mol. The van der Waals surface area contributed by atoms with Crippen LogP contribution in [0.4, 0.5) is 4.79 Å². The Bertz CT molecular complexity index is 1080. The van der Waals surface area contributed by atoms with Gasteiger partial charge in [-0.3, -0.25) is 0 Å². The lowest BCUT2D eigenvalue weighted by molar-refractivity contribution is -0.0391. The highest BCUT2D eigenvalue weighted by Gasteiger charge is 2.37. The van der Waals surface area contributed by atoms with Gasteiger partial charge in [-0.25, -0.2) is 4.79 Å². The molecule has 0 fully saturated rings. The Morgan fingerprint density at radius 1 is 0.511 bits per heavy atom. The number of nitrogens with one attached hydrogen (secondary N) is 1. The van der Waals surface area contributed by atoms with Crippen molar-refractivity contribution in [2.75, 3.05) is 79.2 Å². The molecule has 0 saturated heterocycles. The van der Waals surface area contributed by atoms with E-state index in [1.165, 1.54) is 0 Å². The Morgan fingerprint density at radius 3 is 1.20 bits per heavy atom. The molecule has 45 heavy (non-hydrogen) atoms. The molecule has 0 unspecified atom stereocenters. The number of hydrogen-bond donors (Lipinski definition) is 1. The molecule has 0 aliphatic carbocycles. The first-order valence-corrected chi connectivity index (χ1v) is 15.6. The van der Waals surface area contributed by atoms with Crippen molar-refractivity contribution < 1.29 is 38.0 Å². The first-order chi connectivity index (χ1) is 21.9. The fraction of sp³-hybridized carbons (Fsp3) is 0.472. The van der Waals surface area contributed by atoms with Gasteiger partial charge in [0, 0.05) is 6.54 Å². The number of ether oxygens (including phenoxy) is 7. The Labute approximate surface area is 268 Å². The van der Waals surface area contributed by atoms with E-state index < -0.39 is 17.3 Å². The Kier molecular flexibility index (Phi) is 16.6. The summed E-state index contributed by atoms with van der Waals surface area (Å²) in [4.78, 5) is 11.5. The second-order valence-corrected chi connectivity index (χ2v) is 11.1. The molecular weight excluding hydrogens is 574 g/mol. The lowest BCUT2D eigenvalue weighted by Crippen LogP contribution is -2.34. The number of carbonyl (C=O) groups excluding carboxylic acids is 1. The summed E-state index contributed by atoms with van der Waals surface area (Å²) < 4.78 is 39.8. The van der Waals surface area contributed by atoms with E-state index in [0.717, 1.165) is 16.7 Å². The molecule has 1 N–H and O–H groups in total. The summed E-state index contributed by atoms with van der Waals surface area (Å²) in [6.45, 7) is 10.8. The fourth-order valence-corrected chi connectivity index (χ4v) is 4.54. The van der Waals surface area contributed by atoms with Crippen LogP contribution in [0.3, 0.4) is 0 Å². The van der Waals surface area contributed by atoms with Crippen LogP contribution in [0, 0.1) is 0 Å². The highest BCUT2D eigenvalue weighted by Crippen LogP contribution is 2.40. The summed E-state index contributed by atoms with van der Waals surface area (Å²) in [7, 11) is 0. The van der Waals surface area contributed by atoms with Crippen LogP contribution in [0.1, 0.15) is 37.5 Å². The standard InChI is InChI=1S/C36H49NO8/c1-35(2,3)45-34(38)37-19-20-39-21-22-40-23-24-41-25-26-42-27-28-43-29-30-44-36(31-13-7-4-8-14-31,32-15-9-5-10-16-32)33-17-11-6-12-18-33/h4-18H,19-30H2,1-3H3,(H,37,38).